The molecule has 21 nitrogen and oxygen atoms in total. The minimum atomic E-state index is -2.23. The number of ether oxygens (including phenoxy) is 5. The zero-order valence-corrected chi connectivity index (χ0v) is 70.6. The smallest absolute Gasteiger partial charge is 0.362 e. The number of piperidine rings is 2. The van der Waals surface area contributed by atoms with Gasteiger partial charge in [0.05, 0.1) is 35.3 Å². The van der Waals surface area contributed by atoms with Gasteiger partial charge in [0.15, 0.2) is 22.9 Å². The molecule has 0 radical (unpaired) electrons. The second kappa shape index (κ2) is 41.5. The Hall–Kier alpha value is -8.49. The number of phenols is 1. The average Bonchev–Trinajstić information content (AvgIpc) is 1.02. The maximum Gasteiger partial charge on any atom is 0.362 e. The standard InChI is InChI=1S/C37H43NO6Si.C31H40O4Si.C12H20N4O2.C6H5NO3.S3/c1-27-34(44-45(5,6)36(2,3)4)33(43-35(27)42-32-24-22-31(23-25-32)38(39)40)26-41-37(28-16-10-7-11-17-28,29-18-12-8-13-19-29)30-20-14-9-15-21-30;1-23-28(35-36(5,6)30(2,3)4)27(34-29(23)32)22-33-31(24-16-10-7-11-17-24,25-18-12-8-13-19-25)26-20-14-9-15-21-26;17-11(15-7-3-1-4-8-15)13-14-12(18)16-9-5-2-6-10-16;8-6-3-1-5(2-4-6)7(9)10;1-3-2/h7-25,27,33-35H,26H2,1-6H3;7-21,23,27-29,32H,22H2,1-6H3;1-10H2;1-4,8H;/t27-,33-,34+,35?;23-,27-,28+,29?;;;/m11.../s1. The number of nitrogens with zero attached hydrogens (tertiary/aromatic N) is 6. The number of benzene rings is 8. The summed E-state index contributed by atoms with van der Waals surface area (Å²) in [5, 5.41) is 47.7. The summed E-state index contributed by atoms with van der Waals surface area (Å²) in [5.74, 6) is 0.248. The number of rotatable bonds is 20. The lowest BCUT2D eigenvalue weighted by atomic mass is 9.80. The third kappa shape index (κ3) is 23.6. The number of nitro benzene ring substituents is 2. The van der Waals surface area contributed by atoms with Gasteiger partial charge in [-0.05, 0) is 132 Å². The predicted octanol–water partition coefficient (Wildman–Crippen LogP) is 19.4. The van der Waals surface area contributed by atoms with Gasteiger partial charge in [-0.15, -0.1) is 0 Å². The molecule has 4 amide bonds. The van der Waals surface area contributed by atoms with Gasteiger partial charge in [0.2, 0.25) is 6.29 Å². The molecule has 4 saturated heterocycles. The van der Waals surface area contributed by atoms with Crippen LogP contribution in [0, 0.1) is 32.1 Å². The van der Waals surface area contributed by atoms with E-state index in [2.05, 4.69) is 180 Å². The number of aliphatic hydroxyl groups excluding tert-OH is 1. The van der Waals surface area contributed by atoms with Crippen LogP contribution < -0.4 is 4.74 Å². The second-order valence-corrected chi connectivity index (χ2v) is 42.5. The van der Waals surface area contributed by atoms with Crippen molar-refractivity contribution >= 4 is 71.3 Å². The number of amides is 4. The fraction of sp³-hybridized carbons (Fsp3) is 0.419. The molecule has 0 aliphatic carbocycles. The summed E-state index contributed by atoms with van der Waals surface area (Å²) in [5.41, 5.74) is 4.38. The van der Waals surface area contributed by atoms with Crippen molar-refractivity contribution in [3.63, 3.8) is 0 Å². The number of aromatic hydroxyl groups is 1. The predicted molar refractivity (Wildman–Crippen MR) is 449 cm³/mol. The maximum absolute atomic E-state index is 11.7. The molecule has 112 heavy (non-hydrogen) atoms. The van der Waals surface area contributed by atoms with Crippen LogP contribution in [-0.4, -0.2) is 135 Å². The van der Waals surface area contributed by atoms with E-state index < -0.39 is 56.4 Å². The van der Waals surface area contributed by atoms with E-state index in [1.165, 1.54) is 36.4 Å². The first kappa shape index (κ1) is 89.1. The fourth-order valence-electron chi connectivity index (χ4n) is 13.2. The molecule has 26 heteroatoms. The molecule has 4 aliphatic rings. The van der Waals surface area contributed by atoms with Crippen molar-refractivity contribution in [1.29, 1.82) is 0 Å². The Balaban J connectivity index is 0.000000207. The minimum absolute atomic E-state index is 0.00669. The molecule has 8 aromatic rings. The number of azo groups is 1. The third-order valence-corrected chi connectivity index (χ3v) is 30.5. The molecular weight excluding hydrogens is 1510 g/mol. The average molecular weight is 1620 g/mol. The molecule has 4 heterocycles. The Labute approximate surface area is 674 Å². The largest absolute Gasteiger partial charge is 0.508 e. The van der Waals surface area contributed by atoms with Crippen LogP contribution in [0.1, 0.15) is 127 Å². The normalized spacial score (nSPS) is 20.0. The van der Waals surface area contributed by atoms with Crippen molar-refractivity contribution in [1.82, 2.24) is 9.80 Å². The van der Waals surface area contributed by atoms with E-state index in [1.54, 1.807) is 21.9 Å². The molecule has 12 rings (SSSR count). The first-order chi connectivity index (χ1) is 53.4. The highest BCUT2D eigenvalue weighted by Crippen LogP contribution is 2.47. The van der Waals surface area contributed by atoms with Gasteiger partial charge in [0.1, 0.15) is 34.9 Å². The van der Waals surface area contributed by atoms with Gasteiger partial charge in [-0.1, -0.05) is 248 Å². The van der Waals surface area contributed by atoms with Crippen molar-refractivity contribution in [2.75, 3.05) is 39.4 Å². The second-order valence-electron chi connectivity index (χ2n) is 31.3. The summed E-state index contributed by atoms with van der Waals surface area (Å²) in [6.45, 7) is 29.8. The molecular formula is C86H108N6O15S3Si2. The van der Waals surface area contributed by atoms with Crippen molar-refractivity contribution < 1.29 is 62.2 Å². The Morgan fingerprint density at radius 3 is 1.06 bits per heavy atom. The van der Waals surface area contributed by atoms with Gasteiger partial charge >= 0.3 is 12.1 Å². The van der Waals surface area contributed by atoms with Crippen LogP contribution in [0.2, 0.25) is 36.3 Å². The lowest BCUT2D eigenvalue weighted by Crippen LogP contribution is -2.49. The summed E-state index contributed by atoms with van der Waals surface area (Å²) in [7, 11) is -3.41. The zero-order chi connectivity index (χ0) is 81.3. The number of aliphatic hydroxyl groups is 1. The molecule has 0 saturated carbocycles. The van der Waals surface area contributed by atoms with E-state index in [0.717, 1.165) is 107 Å². The summed E-state index contributed by atoms with van der Waals surface area (Å²) < 4.78 is 47.1. The highest BCUT2D eigenvalue weighted by atomic mass is 33.1. The van der Waals surface area contributed by atoms with Gasteiger partial charge < -0.3 is 52.5 Å². The van der Waals surface area contributed by atoms with Gasteiger partial charge in [-0.25, -0.2) is 9.59 Å². The van der Waals surface area contributed by atoms with Crippen LogP contribution >= 0.6 is 0 Å². The lowest BCUT2D eigenvalue weighted by molar-refractivity contribution is -0.385. The summed E-state index contributed by atoms with van der Waals surface area (Å²) in [4.78, 5) is 47.0. The molecule has 8 atom stereocenters. The Kier molecular flexibility index (Phi) is 33.0. The molecule has 0 bridgehead atoms. The number of hydrogen-bond donors (Lipinski definition) is 2. The van der Waals surface area contributed by atoms with Crippen LogP contribution in [0.3, 0.4) is 0 Å². The molecule has 0 spiro atoms. The molecule has 2 N–H and O–H groups in total. The van der Waals surface area contributed by atoms with Gasteiger partial charge in [-0.3, -0.25) is 20.2 Å². The summed E-state index contributed by atoms with van der Waals surface area (Å²) in [6.07, 6.45) is 3.50. The molecule has 0 aromatic heterocycles. The zero-order valence-electron chi connectivity index (χ0n) is 66.2. The third-order valence-electron chi connectivity index (χ3n) is 21.6. The van der Waals surface area contributed by atoms with Gasteiger partial charge in [0, 0.05) is 93.5 Å². The Morgan fingerprint density at radius 1 is 0.482 bits per heavy atom. The number of phenolic OH excluding ortho intramolecular Hbond substituents is 1. The van der Waals surface area contributed by atoms with Crippen molar-refractivity contribution in [2.45, 2.75) is 178 Å². The number of carbonyl (C=O) groups excluding carboxylic acids is 2. The molecule has 2 unspecified atom stereocenters. The summed E-state index contributed by atoms with van der Waals surface area (Å²) in [6, 6.07) is 72.2. The molecule has 4 aliphatic heterocycles. The van der Waals surface area contributed by atoms with E-state index in [9.17, 15) is 34.9 Å². The monoisotopic (exact) mass is 1620 g/mol. The number of carbonyl (C=O) groups is 2. The Bertz CT molecular complexity index is 4070. The van der Waals surface area contributed by atoms with Crippen LogP contribution in [0.4, 0.5) is 21.0 Å². The van der Waals surface area contributed by atoms with Crippen LogP contribution in [0.15, 0.2) is 241 Å². The maximum atomic E-state index is 11.7. The van der Waals surface area contributed by atoms with E-state index >= 15 is 0 Å². The van der Waals surface area contributed by atoms with Crippen molar-refractivity contribution in [2.24, 2.45) is 22.1 Å². The van der Waals surface area contributed by atoms with E-state index in [-0.39, 0.29) is 82.6 Å². The number of urea groups is 2. The Morgan fingerprint density at radius 2 is 0.768 bits per heavy atom. The van der Waals surface area contributed by atoms with Crippen LogP contribution in [0.5, 0.6) is 11.5 Å². The minimum Gasteiger partial charge on any atom is -0.508 e. The van der Waals surface area contributed by atoms with E-state index in [1.807, 2.05) is 116 Å². The highest BCUT2D eigenvalue weighted by Gasteiger charge is 2.52. The van der Waals surface area contributed by atoms with Crippen molar-refractivity contribution in [3.05, 3.63) is 284 Å². The van der Waals surface area contributed by atoms with Crippen LogP contribution in [0.25, 0.3) is 0 Å². The molecule has 598 valence electrons. The lowest BCUT2D eigenvalue weighted by Gasteiger charge is -2.41. The molecule has 4 fully saturated rings. The number of non-ortho nitro benzene ring substituents is 2. The fourth-order valence-corrected chi connectivity index (χ4v) is 16.0. The first-order valence-electron chi connectivity index (χ1n) is 38.1. The van der Waals surface area contributed by atoms with Gasteiger partial charge in [0.25, 0.3) is 11.4 Å². The number of hydrogen-bond acceptors (Lipinski definition) is 17. The van der Waals surface area contributed by atoms with E-state index in [0.29, 0.717) is 5.75 Å². The first-order valence-corrected chi connectivity index (χ1v) is 46.6. The molecule has 8 aromatic carbocycles. The highest BCUT2D eigenvalue weighted by molar-refractivity contribution is 8.37. The quantitative estimate of drug-likeness (QED) is 0.0236. The van der Waals surface area contributed by atoms with E-state index in [4.69, 9.17) is 37.6 Å². The number of likely N-dealkylation sites (tertiary alicyclic amines) is 2. The topological polar surface area (TPSA) is 257 Å². The SMILES string of the molecule is C[C@H]1C(O)O[C@H](COC(c2ccccc2)(c2ccccc2)c2ccccc2)[C@H]1O[Si](C)(C)C(C)(C)C.C[C@H]1C(Oc2ccc([N+](=O)[O-])cc2)O[C@H](COC(c2ccccc2)(c2ccccc2)c2ccccc2)[C@H]1O[Si](C)(C)C(C)(C)C.O=C(N=NC(=O)N1CCCCC1)N1CCCCC1.O=[N+]([O-])c1ccc(O)cc1.S=S=S. The number of nitro groups is 2. The van der Waals surface area contributed by atoms with Gasteiger partial charge in [-0.2, -0.15) is 0 Å². The van der Waals surface area contributed by atoms with Crippen LogP contribution in [-0.2, 0) is 70.3 Å². The van der Waals surface area contributed by atoms with Crippen molar-refractivity contribution in [3.8, 4) is 11.5 Å². The summed E-state index contributed by atoms with van der Waals surface area (Å²) >= 11 is 8.25.